The smallest absolute Gasteiger partial charge is 0.306 e. The molecule has 0 radical (unpaired) electrons. The molecule has 110 valence electrons. The summed E-state index contributed by atoms with van der Waals surface area (Å²) < 4.78 is 171. The summed E-state index contributed by atoms with van der Waals surface area (Å²) in [5.74, 6) is -12.1. The minimum absolute atomic E-state index is 0.385. The SMILES string of the molecule is [2H]C1C([2H])([2H])C([2H])([2H])C([2H])([2H])C([2H])([2H])C1([2H])C(CC(=O)OCC)C1([2H])C([2H])C([2H])([2H])C([2H])([2H])C([2H])([2H])C1([2H])[2H]. The Morgan fingerprint density at radius 2 is 1.74 bits per heavy atom. The normalized spacial score (nSPS) is 81.9. The Labute approximate surface area is 146 Å². The molecule has 0 saturated heterocycles. The molecule has 0 N–H and O–H groups in total. The Morgan fingerprint density at radius 1 is 1.16 bits per heavy atom. The van der Waals surface area contributed by atoms with Crippen LogP contribution in [0.25, 0.3) is 0 Å². The molecule has 4 atom stereocenters. The average Bonchev–Trinajstić information content (AvgIpc) is 2.78. The van der Waals surface area contributed by atoms with Gasteiger partial charge in [-0.25, -0.2) is 0 Å². The Bertz CT molecular complexity index is 925. The Hall–Kier alpha value is -0.530. The molecule has 2 fully saturated rings. The summed E-state index contributed by atoms with van der Waals surface area (Å²) in [4.78, 5) is 12.7. The van der Waals surface area contributed by atoms with Gasteiger partial charge in [-0.1, -0.05) is 63.8 Å². The van der Waals surface area contributed by atoms with Gasteiger partial charge in [0, 0.05) is 33.8 Å². The van der Waals surface area contributed by atoms with Crippen LogP contribution >= 0.6 is 0 Å². The molecule has 0 bridgehead atoms. The van der Waals surface area contributed by atoms with Gasteiger partial charge in [-0.3, -0.25) is 4.79 Å². The number of carbonyl (C=O) groups is 1. The van der Waals surface area contributed by atoms with Gasteiger partial charge in [0.1, 0.15) is 0 Å². The van der Waals surface area contributed by atoms with Gasteiger partial charge < -0.3 is 4.74 Å². The highest BCUT2D eigenvalue weighted by atomic mass is 16.5. The van der Waals surface area contributed by atoms with E-state index >= 15 is 0 Å². The van der Waals surface area contributed by atoms with E-state index < -0.39 is 93.9 Å². The van der Waals surface area contributed by atoms with E-state index in [2.05, 4.69) is 0 Å². The van der Waals surface area contributed by atoms with Crippen LogP contribution < -0.4 is 0 Å². The van der Waals surface area contributed by atoms with E-state index in [1.54, 1.807) is 0 Å². The highest BCUT2D eigenvalue weighted by Gasteiger charge is 2.33. The number of hydrogen-bond acceptors (Lipinski definition) is 2. The Balaban J connectivity index is 3.13. The second-order valence-electron chi connectivity index (χ2n) is 3.80. The number of rotatable bonds is 5. The van der Waals surface area contributed by atoms with E-state index in [1.807, 2.05) is 0 Å². The predicted octanol–water partition coefficient (Wildman–Crippen LogP) is 4.72. The molecule has 2 aliphatic carbocycles. The van der Waals surface area contributed by atoms with E-state index in [-0.39, 0.29) is 6.61 Å². The van der Waals surface area contributed by atoms with Crippen LogP contribution in [0.2, 0.25) is 0 Å². The lowest BCUT2D eigenvalue weighted by Gasteiger charge is -2.37. The Kier molecular flexibility index (Phi) is 1.51. The fraction of sp³-hybridized carbons (Fsp3) is 0.941. The minimum Gasteiger partial charge on any atom is -0.466 e. The standard InChI is InChI=1S/C17H30O2/c1-2-19-17(18)13-16(14-9-5-3-6-10-14)15-11-7-4-8-12-15/h14-16H,2-13H2,1H3/i3D2,4D2,5D2,6D2,7D2,8D2,9D,10D2,11D,12D2,14D,15D. The summed E-state index contributed by atoms with van der Waals surface area (Å²) in [7, 11) is 0. The summed E-state index contributed by atoms with van der Waals surface area (Å²) in [6, 6.07) is 0. The van der Waals surface area contributed by atoms with Crippen LogP contribution in [-0.2, 0) is 9.53 Å². The third-order valence-electron chi connectivity index (χ3n) is 2.57. The lowest BCUT2D eigenvalue weighted by molar-refractivity contribution is -0.145. The van der Waals surface area contributed by atoms with Crippen LogP contribution in [-0.4, -0.2) is 12.6 Å². The first-order chi connectivity index (χ1) is 16.9. The second kappa shape index (κ2) is 7.91. The maximum atomic E-state index is 12.7. The van der Waals surface area contributed by atoms with Crippen LogP contribution in [0.15, 0.2) is 0 Å². The molecule has 2 rings (SSSR count). The van der Waals surface area contributed by atoms with Crippen LogP contribution in [0.4, 0.5) is 0 Å². The third kappa shape index (κ3) is 4.50. The molecular weight excluding hydrogens is 236 g/mol. The van der Waals surface area contributed by atoms with Crippen LogP contribution in [0.3, 0.4) is 0 Å². The van der Waals surface area contributed by atoms with E-state index in [9.17, 15) is 4.79 Å². The molecule has 4 unspecified atom stereocenters. The van der Waals surface area contributed by atoms with Gasteiger partial charge in [-0.2, -0.15) is 0 Å². The van der Waals surface area contributed by atoms with Crippen molar-refractivity contribution in [1.29, 1.82) is 0 Å². The molecule has 0 aromatic rings. The van der Waals surface area contributed by atoms with Gasteiger partial charge in [0.15, 0.2) is 0 Å². The van der Waals surface area contributed by atoms with Gasteiger partial charge >= 0.3 is 5.97 Å². The lowest BCUT2D eigenvalue weighted by atomic mass is 9.68. The fourth-order valence-corrected chi connectivity index (χ4v) is 1.73. The van der Waals surface area contributed by atoms with Crippen molar-refractivity contribution in [3.05, 3.63) is 0 Å². The van der Waals surface area contributed by atoms with Gasteiger partial charge in [0.05, 0.1) is 6.61 Å². The number of esters is 1. The zero-order valence-electron chi connectivity index (χ0n) is 30.5. The maximum absolute atomic E-state index is 12.7. The summed E-state index contributed by atoms with van der Waals surface area (Å²) in [5.41, 5.74) is 0. The molecule has 0 aromatic heterocycles. The van der Waals surface area contributed by atoms with Gasteiger partial charge in [-0.15, -0.1) is 0 Å². The first-order valence-electron chi connectivity index (χ1n) is 16.1. The fourth-order valence-electron chi connectivity index (χ4n) is 1.73. The van der Waals surface area contributed by atoms with Crippen molar-refractivity contribution in [3.8, 4) is 0 Å². The zero-order chi connectivity index (χ0) is 31.4. The minimum atomic E-state index is -4.06. The van der Waals surface area contributed by atoms with Crippen LogP contribution in [0.1, 0.15) is 105 Å². The molecule has 2 heteroatoms. The number of hydrogen-bond donors (Lipinski definition) is 0. The zero-order valence-corrected chi connectivity index (χ0v) is 10.5. The summed E-state index contributed by atoms with van der Waals surface area (Å²) >= 11 is 0. The average molecular weight is 287 g/mol. The van der Waals surface area contributed by atoms with Gasteiger partial charge in [0.25, 0.3) is 0 Å². The van der Waals surface area contributed by atoms with Crippen molar-refractivity contribution in [2.75, 3.05) is 6.61 Å². The van der Waals surface area contributed by atoms with Crippen LogP contribution in [0, 0.1) is 17.7 Å². The predicted molar refractivity (Wildman–Crippen MR) is 77.9 cm³/mol. The maximum Gasteiger partial charge on any atom is 0.306 e. The quantitative estimate of drug-likeness (QED) is 0.684. The summed E-state index contributed by atoms with van der Waals surface area (Å²) in [6.45, 7) is 0.905. The summed E-state index contributed by atoms with van der Waals surface area (Å²) in [6.07, 6.45) is -39.0. The monoisotopic (exact) mass is 286 g/mol. The first-order valence-corrected chi connectivity index (χ1v) is 5.90. The van der Waals surface area contributed by atoms with Crippen molar-refractivity contribution in [2.24, 2.45) is 17.7 Å². The second-order valence-corrected chi connectivity index (χ2v) is 3.80. The van der Waals surface area contributed by atoms with Crippen LogP contribution in [0.5, 0.6) is 0 Å². The highest BCUT2D eigenvalue weighted by Crippen LogP contribution is 2.41. The molecule has 2 saturated carbocycles. The molecule has 2 aliphatic rings. The van der Waals surface area contributed by atoms with Crippen molar-refractivity contribution in [2.45, 2.75) is 77.1 Å². The lowest BCUT2D eigenvalue weighted by Crippen LogP contribution is -2.30. The molecule has 0 heterocycles. The van der Waals surface area contributed by atoms with Crippen molar-refractivity contribution in [1.82, 2.24) is 0 Å². The number of ether oxygens (including phenoxy) is 1. The van der Waals surface area contributed by atoms with Gasteiger partial charge in [0.2, 0.25) is 0 Å². The van der Waals surface area contributed by atoms with Gasteiger partial charge in [-0.05, 0) is 24.6 Å². The molecule has 19 heavy (non-hydrogen) atoms. The molecule has 0 aliphatic heterocycles. The molecular formula is C17H30O2. The molecule has 2 nitrogen and oxygen atoms in total. The highest BCUT2D eigenvalue weighted by molar-refractivity contribution is 5.69. The van der Waals surface area contributed by atoms with Crippen molar-refractivity contribution >= 4 is 5.97 Å². The van der Waals surface area contributed by atoms with Crippen molar-refractivity contribution in [3.63, 3.8) is 0 Å². The van der Waals surface area contributed by atoms with E-state index in [0.717, 1.165) is 0 Å². The topological polar surface area (TPSA) is 26.3 Å². The summed E-state index contributed by atoms with van der Waals surface area (Å²) in [5, 5.41) is 0. The third-order valence-corrected chi connectivity index (χ3v) is 2.57. The number of carbonyl (C=O) groups excluding carboxylic acids is 1. The van der Waals surface area contributed by atoms with E-state index in [1.165, 1.54) is 6.92 Å². The Morgan fingerprint density at radius 3 is 2.26 bits per heavy atom. The first kappa shape index (κ1) is 3.62. The van der Waals surface area contributed by atoms with E-state index in [0.29, 0.717) is 0 Å². The molecule has 0 spiro atoms. The van der Waals surface area contributed by atoms with Crippen molar-refractivity contribution < 1.29 is 36.9 Å². The molecule has 0 aromatic carbocycles. The van der Waals surface area contributed by atoms with E-state index in [4.69, 9.17) is 32.2 Å². The molecule has 0 amide bonds. The largest absolute Gasteiger partial charge is 0.466 e.